The van der Waals surface area contributed by atoms with Gasteiger partial charge in [0.2, 0.25) is 0 Å². The Morgan fingerprint density at radius 3 is 2.17 bits per heavy atom. The molecule has 120 valence electrons. The first kappa shape index (κ1) is 16.0. The van der Waals surface area contributed by atoms with Gasteiger partial charge in [0.15, 0.2) is 18.4 Å². The maximum Gasteiger partial charge on any atom is 0.177 e. The normalized spacial score (nSPS) is 17.8. The third-order valence-electron chi connectivity index (χ3n) is 4.31. The number of nitrogens with one attached hydrogen (secondary N) is 2. The van der Waals surface area contributed by atoms with Gasteiger partial charge in [-0.2, -0.15) is 0 Å². The first-order chi connectivity index (χ1) is 11.3. The van der Waals surface area contributed by atoms with Gasteiger partial charge < -0.3 is 15.1 Å². The lowest BCUT2D eigenvalue weighted by Gasteiger charge is -2.35. The summed E-state index contributed by atoms with van der Waals surface area (Å²) in [6, 6.07) is 21.3. The van der Waals surface area contributed by atoms with Crippen molar-refractivity contribution in [1.82, 2.24) is 10.2 Å². The number of quaternary nitrogens is 1. The lowest BCUT2D eigenvalue weighted by atomic mass is 10.1. The first-order valence-corrected chi connectivity index (χ1v) is 8.66. The average Bonchev–Trinajstić information content (AvgIpc) is 2.62. The molecule has 2 aromatic rings. The Bertz CT molecular complexity index is 615. The summed E-state index contributed by atoms with van der Waals surface area (Å²) in [7, 11) is 0. The molecule has 23 heavy (non-hydrogen) atoms. The summed E-state index contributed by atoms with van der Waals surface area (Å²) >= 11 is 5.47. The Labute approximate surface area is 143 Å². The van der Waals surface area contributed by atoms with E-state index in [2.05, 4.69) is 70.9 Å². The summed E-state index contributed by atoms with van der Waals surface area (Å²) in [4.78, 5) is 3.84. The summed E-state index contributed by atoms with van der Waals surface area (Å²) < 4.78 is 0. The molecule has 4 heteroatoms. The van der Waals surface area contributed by atoms with Crippen LogP contribution >= 0.6 is 12.2 Å². The minimum atomic E-state index is 0.893. The molecule has 1 heterocycles. The van der Waals surface area contributed by atoms with Gasteiger partial charge in [0, 0.05) is 13.0 Å². The van der Waals surface area contributed by atoms with Gasteiger partial charge in [0.25, 0.3) is 0 Å². The summed E-state index contributed by atoms with van der Waals surface area (Å²) in [5, 5.41) is 4.27. The lowest BCUT2D eigenvalue weighted by molar-refractivity contribution is -0.913. The van der Waals surface area contributed by atoms with Crippen molar-refractivity contribution < 1.29 is 4.90 Å². The zero-order chi connectivity index (χ0) is 15.9. The van der Waals surface area contributed by atoms with Gasteiger partial charge in [0.1, 0.15) is 0 Å². The highest BCUT2D eigenvalue weighted by atomic mass is 32.1. The molecule has 1 unspecified atom stereocenters. The van der Waals surface area contributed by atoms with E-state index in [9.17, 15) is 0 Å². The van der Waals surface area contributed by atoms with E-state index in [0.717, 1.165) is 44.4 Å². The van der Waals surface area contributed by atoms with E-state index in [4.69, 9.17) is 12.2 Å². The van der Waals surface area contributed by atoms with Crippen LogP contribution in [0.1, 0.15) is 11.1 Å². The molecule has 1 atom stereocenters. The zero-order valence-electron chi connectivity index (χ0n) is 13.4. The largest absolute Gasteiger partial charge is 0.316 e. The summed E-state index contributed by atoms with van der Waals surface area (Å²) in [6.45, 7) is 4.02. The van der Waals surface area contributed by atoms with E-state index in [1.54, 1.807) is 0 Å². The number of rotatable bonds is 6. The number of nitrogens with zero attached hydrogens (tertiary/aromatic N) is 1. The molecule has 2 N–H and O–H groups in total. The minimum Gasteiger partial charge on any atom is -0.316 e. The SMILES string of the molecule is S=C1NC[NH+](CCc2ccccc2)CN1CCc1ccccc1. The van der Waals surface area contributed by atoms with Crippen LogP contribution in [-0.4, -0.2) is 36.4 Å². The van der Waals surface area contributed by atoms with Gasteiger partial charge >= 0.3 is 0 Å². The highest BCUT2D eigenvalue weighted by Crippen LogP contribution is 2.02. The molecule has 0 aromatic heterocycles. The quantitative estimate of drug-likeness (QED) is 0.784. The average molecular weight is 326 g/mol. The Morgan fingerprint density at radius 1 is 0.913 bits per heavy atom. The van der Waals surface area contributed by atoms with E-state index in [1.165, 1.54) is 16.0 Å². The van der Waals surface area contributed by atoms with Crippen molar-refractivity contribution in [2.24, 2.45) is 0 Å². The number of hydrogen-bond acceptors (Lipinski definition) is 1. The number of benzene rings is 2. The number of thiocarbonyl (C=S) groups is 1. The smallest absolute Gasteiger partial charge is 0.177 e. The summed E-state index contributed by atoms with van der Waals surface area (Å²) in [5.74, 6) is 0. The van der Waals surface area contributed by atoms with Crippen LogP contribution in [0.3, 0.4) is 0 Å². The van der Waals surface area contributed by atoms with Crippen LogP contribution in [0.25, 0.3) is 0 Å². The molecule has 3 nitrogen and oxygen atoms in total. The molecule has 0 saturated carbocycles. The van der Waals surface area contributed by atoms with Crippen molar-refractivity contribution in [1.29, 1.82) is 0 Å². The highest BCUT2D eigenvalue weighted by molar-refractivity contribution is 7.80. The van der Waals surface area contributed by atoms with Crippen LogP contribution < -0.4 is 10.2 Å². The van der Waals surface area contributed by atoms with Crippen LogP contribution in [-0.2, 0) is 12.8 Å². The van der Waals surface area contributed by atoms with E-state index in [1.807, 2.05) is 0 Å². The Hall–Kier alpha value is -1.91. The molecular weight excluding hydrogens is 302 g/mol. The van der Waals surface area contributed by atoms with E-state index >= 15 is 0 Å². The second-order valence-corrected chi connectivity index (χ2v) is 6.44. The minimum absolute atomic E-state index is 0.893. The van der Waals surface area contributed by atoms with Gasteiger partial charge in [0.05, 0.1) is 6.54 Å². The summed E-state index contributed by atoms with van der Waals surface area (Å²) in [5.41, 5.74) is 2.77. The Balaban J connectivity index is 1.49. The topological polar surface area (TPSA) is 19.7 Å². The van der Waals surface area contributed by atoms with Crippen LogP contribution in [0.2, 0.25) is 0 Å². The molecule has 1 fully saturated rings. The predicted octanol–water partition coefficient (Wildman–Crippen LogP) is 1.46. The summed E-state index contributed by atoms with van der Waals surface area (Å²) in [6.07, 6.45) is 2.14. The Morgan fingerprint density at radius 2 is 1.52 bits per heavy atom. The third-order valence-corrected chi connectivity index (χ3v) is 4.72. The fourth-order valence-electron chi connectivity index (χ4n) is 2.93. The molecule has 1 aliphatic heterocycles. The van der Waals surface area contributed by atoms with Crippen molar-refractivity contribution in [2.45, 2.75) is 12.8 Å². The third kappa shape index (κ3) is 4.78. The monoisotopic (exact) mass is 326 g/mol. The maximum absolute atomic E-state index is 5.47. The molecule has 2 aromatic carbocycles. The van der Waals surface area contributed by atoms with E-state index in [-0.39, 0.29) is 0 Å². The maximum atomic E-state index is 5.47. The lowest BCUT2D eigenvalue weighted by Crippen LogP contribution is -3.17. The van der Waals surface area contributed by atoms with E-state index < -0.39 is 0 Å². The number of hydrogen-bond donors (Lipinski definition) is 2. The standard InChI is InChI=1S/C19H23N3S/c23-19-20-15-21(13-11-17-7-3-1-4-8-17)16-22(19)14-12-18-9-5-2-6-10-18/h1-10H,11-16H2,(H,20,23)/p+1. The molecule has 0 radical (unpaired) electrons. The van der Waals surface area contributed by atoms with Crippen molar-refractivity contribution in [2.75, 3.05) is 26.4 Å². The van der Waals surface area contributed by atoms with Crippen LogP contribution in [0.4, 0.5) is 0 Å². The molecule has 0 bridgehead atoms. The molecular formula is C19H24N3S+. The Kier molecular flexibility index (Phi) is 5.61. The van der Waals surface area contributed by atoms with Gasteiger partial charge in [-0.25, -0.2) is 0 Å². The molecule has 0 amide bonds. The van der Waals surface area contributed by atoms with Gasteiger partial charge in [-0.1, -0.05) is 60.7 Å². The van der Waals surface area contributed by atoms with Crippen LogP contribution in [0.15, 0.2) is 60.7 Å². The second-order valence-electron chi connectivity index (χ2n) is 6.05. The molecule has 1 aliphatic rings. The van der Waals surface area contributed by atoms with Crippen LogP contribution in [0.5, 0.6) is 0 Å². The van der Waals surface area contributed by atoms with Gasteiger partial charge in [-0.05, 0) is 29.8 Å². The van der Waals surface area contributed by atoms with Crippen molar-refractivity contribution in [3.8, 4) is 0 Å². The first-order valence-electron chi connectivity index (χ1n) is 8.25. The van der Waals surface area contributed by atoms with Gasteiger partial charge in [-0.3, -0.25) is 0 Å². The van der Waals surface area contributed by atoms with Gasteiger partial charge in [-0.15, -0.1) is 0 Å². The predicted molar refractivity (Wildman–Crippen MR) is 98.3 cm³/mol. The van der Waals surface area contributed by atoms with Crippen molar-refractivity contribution >= 4 is 17.3 Å². The molecule has 0 spiro atoms. The molecule has 0 aliphatic carbocycles. The second kappa shape index (κ2) is 8.09. The zero-order valence-corrected chi connectivity index (χ0v) is 14.2. The fourth-order valence-corrected chi connectivity index (χ4v) is 3.16. The highest BCUT2D eigenvalue weighted by Gasteiger charge is 2.22. The molecule has 3 rings (SSSR count). The van der Waals surface area contributed by atoms with Crippen LogP contribution in [0, 0.1) is 0 Å². The fraction of sp³-hybridized carbons (Fsp3) is 0.316. The van der Waals surface area contributed by atoms with E-state index in [0.29, 0.717) is 0 Å². The molecule has 1 saturated heterocycles. The van der Waals surface area contributed by atoms with Crippen molar-refractivity contribution in [3.05, 3.63) is 71.8 Å². The van der Waals surface area contributed by atoms with Crippen molar-refractivity contribution in [3.63, 3.8) is 0 Å².